The van der Waals surface area contributed by atoms with Gasteiger partial charge in [0.2, 0.25) is 10.0 Å². The van der Waals surface area contributed by atoms with E-state index in [2.05, 4.69) is 0 Å². The van der Waals surface area contributed by atoms with E-state index in [9.17, 15) is 8.42 Å². The summed E-state index contributed by atoms with van der Waals surface area (Å²) in [5.74, 6) is 0. The van der Waals surface area contributed by atoms with Gasteiger partial charge in [0, 0.05) is 0 Å². The van der Waals surface area contributed by atoms with E-state index in [1.165, 1.54) is 0 Å². The van der Waals surface area contributed by atoms with Crippen LogP contribution in [0.25, 0.3) is 0 Å². The van der Waals surface area contributed by atoms with Crippen molar-refractivity contribution in [3.8, 4) is 0 Å². The van der Waals surface area contributed by atoms with Crippen molar-refractivity contribution in [1.82, 2.24) is 0 Å². The average Bonchev–Trinajstić information content (AvgIpc) is 1.83. The summed E-state index contributed by atoms with van der Waals surface area (Å²) in [5, 5.41) is 4.82. The molecule has 0 amide bonds. The lowest BCUT2D eigenvalue weighted by Crippen LogP contribution is -2.42. The molecular formula is C8H17NO2S. The van der Waals surface area contributed by atoms with Crippen molar-refractivity contribution >= 4 is 10.0 Å². The van der Waals surface area contributed by atoms with Crippen molar-refractivity contribution in [1.29, 1.82) is 0 Å². The topological polar surface area (TPSA) is 60.2 Å². The van der Waals surface area contributed by atoms with Crippen molar-refractivity contribution in [3.63, 3.8) is 0 Å². The first-order chi connectivity index (χ1) is 5.34. The van der Waals surface area contributed by atoms with E-state index >= 15 is 0 Å². The Kier molecular flexibility index (Phi) is 2.50. The Morgan fingerprint density at radius 1 is 1.33 bits per heavy atom. The summed E-state index contributed by atoms with van der Waals surface area (Å²) in [4.78, 5) is 0. The Hall–Kier alpha value is -0.0900. The monoisotopic (exact) mass is 191 g/mol. The van der Waals surface area contributed by atoms with Crippen LogP contribution in [0.3, 0.4) is 0 Å². The van der Waals surface area contributed by atoms with Crippen molar-refractivity contribution in [3.05, 3.63) is 0 Å². The van der Waals surface area contributed by atoms with Gasteiger partial charge in [0.05, 0.1) is 5.25 Å². The fraction of sp³-hybridized carbons (Fsp3) is 1.00. The van der Waals surface area contributed by atoms with Crippen molar-refractivity contribution < 1.29 is 8.42 Å². The third kappa shape index (κ3) is 1.98. The average molecular weight is 191 g/mol. The second-order valence-corrected chi connectivity index (χ2v) is 6.06. The van der Waals surface area contributed by atoms with Crippen molar-refractivity contribution in [2.24, 2.45) is 10.6 Å². The van der Waals surface area contributed by atoms with Gasteiger partial charge < -0.3 is 0 Å². The van der Waals surface area contributed by atoms with Crippen LogP contribution in [0.2, 0.25) is 0 Å². The second-order valence-electron chi connectivity index (χ2n) is 4.31. The number of hydrogen-bond acceptors (Lipinski definition) is 2. The molecule has 1 aliphatic carbocycles. The summed E-state index contributed by atoms with van der Waals surface area (Å²) in [7, 11) is -3.33. The van der Waals surface area contributed by atoms with Gasteiger partial charge in [-0.2, -0.15) is 0 Å². The molecule has 0 heterocycles. The minimum absolute atomic E-state index is 0.133. The Bertz CT molecular complexity index is 256. The molecule has 4 heteroatoms. The molecule has 0 aromatic carbocycles. The number of primary sulfonamides is 1. The second kappa shape index (κ2) is 3.00. The van der Waals surface area contributed by atoms with Crippen LogP contribution in [0.4, 0.5) is 0 Å². The highest BCUT2D eigenvalue weighted by molar-refractivity contribution is 7.89. The molecule has 1 atom stereocenters. The van der Waals surface area contributed by atoms with Gasteiger partial charge >= 0.3 is 0 Å². The van der Waals surface area contributed by atoms with Crippen LogP contribution in [-0.4, -0.2) is 13.7 Å². The van der Waals surface area contributed by atoms with E-state index in [4.69, 9.17) is 5.14 Å². The molecule has 0 aliphatic heterocycles. The quantitative estimate of drug-likeness (QED) is 0.678. The summed E-state index contributed by atoms with van der Waals surface area (Å²) in [6.45, 7) is 3.97. The Labute approximate surface area is 74.4 Å². The van der Waals surface area contributed by atoms with Gasteiger partial charge in [0.15, 0.2) is 0 Å². The number of hydrogen-bond donors (Lipinski definition) is 1. The van der Waals surface area contributed by atoms with Crippen LogP contribution in [0, 0.1) is 5.41 Å². The highest BCUT2D eigenvalue weighted by Gasteiger charge is 2.39. The van der Waals surface area contributed by atoms with Crippen LogP contribution in [-0.2, 0) is 10.0 Å². The summed E-state index contributed by atoms with van der Waals surface area (Å²) >= 11 is 0. The first kappa shape index (κ1) is 9.99. The van der Waals surface area contributed by atoms with E-state index < -0.39 is 10.0 Å². The first-order valence-corrected chi connectivity index (χ1v) is 5.96. The maximum Gasteiger partial charge on any atom is 0.212 e. The van der Waals surface area contributed by atoms with Crippen LogP contribution in [0.5, 0.6) is 0 Å². The number of rotatable bonds is 1. The Morgan fingerprint density at radius 3 is 2.25 bits per heavy atom. The van der Waals surface area contributed by atoms with E-state index in [0.717, 1.165) is 25.7 Å². The van der Waals surface area contributed by atoms with Crippen molar-refractivity contribution in [2.75, 3.05) is 0 Å². The number of sulfonamides is 1. The standard InChI is InChI=1S/C8H17NO2S/c1-8(2)6-4-3-5-7(8)12(9,10)11/h7H,3-6H2,1-2H3,(H2,9,10,11). The minimum Gasteiger partial charge on any atom is -0.228 e. The van der Waals surface area contributed by atoms with Gasteiger partial charge in [0.1, 0.15) is 0 Å². The summed E-state index contributed by atoms with van der Waals surface area (Å²) in [6.07, 6.45) is 3.81. The van der Waals surface area contributed by atoms with E-state index in [-0.39, 0.29) is 10.7 Å². The molecule has 0 aromatic heterocycles. The predicted molar refractivity (Wildman–Crippen MR) is 49.1 cm³/mol. The molecule has 1 unspecified atom stereocenters. The van der Waals surface area contributed by atoms with E-state index in [0.29, 0.717) is 0 Å². The van der Waals surface area contributed by atoms with Gasteiger partial charge in [-0.15, -0.1) is 0 Å². The molecule has 1 saturated carbocycles. The zero-order chi connectivity index (χ0) is 9.41. The fourth-order valence-electron chi connectivity index (χ4n) is 2.07. The highest BCUT2D eigenvalue weighted by atomic mass is 32.2. The molecule has 12 heavy (non-hydrogen) atoms. The molecule has 3 nitrogen and oxygen atoms in total. The SMILES string of the molecule is CC1(C)CCCCC1S(N)(=O)=O. The number of nitrogens with two attached hydrogens (primary N) is 1. The summed E-state index contributed by atoms with van der Waals surface area (Å²) in [5.41, 5.74) is -0.133. The molecule has 2 N–H and O–H groups in total. The summed E-state index contributed by atoms with van der Waals surface area (Å²) < 4.78 is 22.4. The molecule has 0 bridgehead atoms. The molecule has 0 spiro atoms. The minimum atomic E-state index is -3.33. The first-order valence-electron chi connectivity index (χ1n) is 4.36. The lowest BCUT2D eigenvalue weighted by atomic mass is 9.77. The molecule has 1 rings (SSSR count). The van der Waals surface area contributed by atoms with Crippen LogP contribution in [0.1, 0.15) is 39.5 Å². The lowest BCUT2D eigenvalue weighted by Gasteiger charge is -2.36. The molecule has 1 aliphatic rings. The van der Waals surface area contributed by atoms with E-state index in [1.54, 1.807) is 0 Å². The van der Waals surface area contributed by atoms with Gasteiger partial charge in [-0.3, -0.25) is 0 Å². The van der Waals surface area contributed by atoms with Gasteiger partial charge in [-0.05, 0) is 18.3 Å². The summed E-state index contributed by atoms with van der Waals surface area (Å²) in [6, 6.07) is 0. The highest BCUT2D eigenvalue weighted by Crippen LogP contribution is 2.38. The van der Waals surface area contributed by atoms with Crippen LogP contribution < -0.4 is 5.14 Å². The third-order valence-electron chi connectivity index (χ3n) is 2.81. The maximum absolute atomic E-state index is 11.2. The van der Waals surface area contributed by atoms with E-state index in [1.807, 2.05) is 13.8 Å². The van der Waals surface area contributed by atoms with Crippen LogP contribution in [0.15, 0.2) is 0 Å². The maximum atomic E-state index is 11.2. The zero-order valence-corrected chi connectivity index (χ0v) is 8.52. The molecule has 0 radical (unpaired) electrons. The molecule has 1 fully saturated rings. The molecule has 72 valence electrons. The van der Waals surface area contributed by atoms with Crippen molar-refractivity contribution in [2.45, 2.75) is 44.8 Å². The normalized spacial score (nSPS) is 30.1. The zero-order valence-electron chi connectivity index (χ0n) is 7.71. The van der Waals surface area contributed by atoms with Gasteiger partial charge in [0.25, 0.3) is 0 Å². The predicted octanol–water partition coefficient (Wildman–Crippen LogP) is 1.24. The van der Waals surface area contributed by atoms with Gasteiger partial charge in [-0.25, -0.2) is 13.6 Å². The third-order valence-corrected chi connectivity index (χ3v) is 4.47. The van der Waals surface area contributed by atoms with Crippen LogP contribution >= 0.6 is 0 Å². The Balaban J connectivity index is 2.88. The molecular weight excluding hydrogens is 174 g/mol. The lowest BCUT2D eigenvalue weighted by molar-refractivity contribution is 0.247. The van der Waals surface area contributed by atoms with Gasteiger partial charge in [-0.1, -0.05) is 26.7 Å². The smallest absolute Gasteiger partial charge is 0.212 e. The molecule has 0 aromatic rings. The largest absolute Gasteiger partial charge is 0.228 e. The fourth-order valence-corrected chi connectivity index (χ4v) is 3.57. The molecule has 0 saturated heterocycles. The Morgan fingerprint density at radius 2 is 1.92 bits per heavy atom.